The normalized spacial score (nSPS) is 12.0. The van der Waals surface area contributed by atoms with Crippen molar-refractivity contribution in [1.82, 2.24) is 24.3 Å². The van der Waals surface area contributed by atoms with Crippen LogP contribution in [0, 0.1) is 5.82 Å². The first kappa shape index (κ1) is 31.3. The molecule has 0 saturated heterocycles. The topological polar surface area (TPSA) is 106 Å². The van der Waals surface area contributed by atoms with Crippen LogP contribution in [-0.2, 0) is 34.3 Å². The molecule has 2 heterocycles. The zero-order valence-electron chi connectivity index (χ0n) is 24.2. The number of hydrogen-bond acceptors (Lipinski definition) is 6. The molecule has 0 aliphatic rings. The summed E-state index contributed by atoms with van der Waals surface area (Å²) in [4.78, 5) is 54.0. The van der Waals surface area contributed by atoms with E-state index in [-0.39, 0.29) is 42.2 Å². The molecule has 0 unspecified atom stereocenters. The largest absolute Gasteiger partial charge is 0.438 e. The van der Waals surface area contributed by atoms with Crippen molar-refractivity contribution in [2.75, 3.05) is 41.3 Å². The molecule has 0 radical (unpaired) electrons. The molecule has 0 bridgehead atoms. The average Bonchev–Trinajstić information content (AvgIpc) is 3.24. The number of ketones is 1. The number of amides is 2. The van der Waals surface area contributed by atoms with Gasteiger partial charge >= 0.3 is 6.09 Å². The van der Waals surface area contributed by atoms with Gasteiger partial charge < -0.3 is 29.0 Å². The van der Waals surface area contributed by atoms with Gasteiger partial charge in [0.1, 0.15) is 5.82 Å². The Balaban J connectivity index is 1.78. The van der Waals surface area contributed by atoms with Gasteiger partial charge in [-0.05, 0) is 56.3 Å². The Hall–Kier alpha value is -4.25. The molecule has 1 atom stereocenters. The number of hydrogen-bond donors (Lipinski definition) is 1. The van der Waals surface area contributed by atoms with Gasteiger partial charge in [0.25, 0.3) is 5.56 Å². The fraction of sp³-hybridized carbons (Fsp3) is 0.400. The summed E-state index contributed by atoms with van der Waals surface area (Å²) >= 11 is 0. The van der Waals surface area contributed by atoms with Crippen molar-refractivity contribution < 1.29 is 23.5 Å². The van der Waals surface area contributed by atoms with Crippen LogP contribution >= 0.6 is 0 Å². The van der Waals surface area contributed by atoms with E-state index in [4.69, 9.17) is 4.74 Å². The lowest BCUT2D eigenvalue weighted by Crippen LogP contribution is -2.38. The van der Waals surface area contributed by atoms with E-state index in [0.717, 1.165) is 16.6 Å². The highest BCUT2D eigenvalue weighted by Gasteiger charge is 2.25. The fourth-order valence-electron chi connectivity index (χ4n) is 4.30. The Morgan fingerprint density at radius 3 is 2.61 bits per heavy atom. The molecule has 3 aromatic rings. The van der Waals surface area contributed by atoms with Crippen molar-refractivity contribution in [2.24, 2.45) is 7.05 Å². The number of likely N-dealkylation sites (N-methyl/N-ethyl adjacent to an activating group) is 3. The second-order valence-corrected chi connectivity index (χ2v) is 10.1. The molecule has 41 heavy (non-hydrogen) atoms. The Morgan fingerprint density at radius 2 is 1.90 bits per heavy atom. The van der Waals surface area contributed by atoms with Gasteiger partial charge in [-0.25, -0.2) is 9.18 Å². The van der Waals surface area contributed by atoms with Gasteiger partial charge in [-0.15, -0.1) is 0 Å². The first-order valence-corrected chi connectivity index (χ1v) is 13.4. The molecule has 1 N–H and O–H groups in total. The molecule has 1 aromatic carbocycles. The van der Waals surface area contributed by atoms with Crippen molar-refractivity contribution in [2.45, 2.75) is 31.9 Å². The van der Waals surface area contributed by atoms with Crippen LogP contribution in [0.25, 0.3) is 10.9 Å². The van der Waals surface area contributed by atoms with Gasteiger partial charge in [0.2, 0.25) is 5.91 Å². The molecular weight excluding hydrogens is 529 g/mol. The van der Waals surface area contributed by atoms with Gasteiger partial charge in [-0.2, -0.15) is 0 Å². The summed E-state index contributed by atoms with van der Waals surface area (Å²) in [6.07, 6.45) is 3.18. The highest BCUT2D eigenvalue weighted by atomic mass is 19.1. The number of nitrogens with zero attached hydrogens (tertiary/aromatic N) is 4. The minimum atomic E-state index is -1.10. The van der Waals surface area contributed by atoms with E-state index in [1.165, 1.54) is 32.6 Å². The Bertz CT molecular complexity index is 1480. The number of halogens is 1. The number of carbonyl (C=O) groups excluding carboxylic acids is 3. The summed E-state index contributed by atoms with van der Waals surface area (Å²) in [5.41, 5.74) is 1.56. The van der Waals surface area contributed by atoms with Gasteiger partial charge in [0.15, 0.2) is 11.9 Å². The van der Waals surface area contributed by atoms with E-state index in [0.29, 0.717) is 19.5 Å². The van der Waals surface area contributed by atoms with E-state index in [2.05, 4.69) is 5.32 Å². The van der Waals surface area contributed by atoms with Crippen LogP contribution in [0.15, 0.2) is 59.5 Å². The lowest BCUT2D eigenvalue weighted by molar-refractivity contribution is -0.127. The summed E-state index contributed by atoms with van der Waals surface area (Å²) in [6.45, 7) is 1.17. The molecule has 2 amide bonds. The Morgan fingerprint density at radius 1 is 1.15 bits per heavy atom. The molecule has 10 nitrogen and oxygen atoms in total. The lowest BCUT2D eigenvalue weighted by Gasteiger charge is -2.22. The van der Waals surface area contributed by atoms with Crippen LogP contribution in [-0.4, -0.2) is 84.1 Å². The summed E-state index contributed by atoms with van der Waals surface area (Å²) < 4.78 is 22.6. The molecule has 0 spiro atoms. The van der Waals surface area contributed by atoms with Crippen molar-refractivity contribution in [1.29, 1.82) is 0 Å². The van der Waals surface area contributed by atoms with Gasteiger partial charge in [0.05, 0.1) is 6.54 Å². The number of carbonyl (C=O) groups is 3. The molecule has 11 heteroatoms. The van der Waals surface area contributed by atoms with Crippen molar-refractivity contribution >= 4 is 28.7 Å². The quantitative estimate of drug-likeness (QED) is 0.319. The Labute approximate surface area is 239 Å². The summed E-state index contributed by atoms with van der Waals surface area (Å²) in [5.74, 6) is -0.948. The third kappa shape index (κ3) is 8.37. The summed E-state index contributed by atoms with van der Waals surface area (Å²) in [6, 6.07) is 9.63. The van der Waals surface area contributed by atoms with Crippen LogP contribution < -0.4 is 10.9 Å². The number of Topliss-reactive ketones (excluding diaryl/α,β-unsaturated/α-hetero) is 1. The standard InChI is InChI=1S/C30H38FN5O5/c1-32-14-16-34(4)30(40)41-27(10-6-7-11-28(38)33(2)3)26(37)19-21-9-8-15-36(29(21)39)20-24-18-22-17-23(31)12-13-25(22)35(24)5/h7-9,11-13,15,17-18,27,32H,6,10,14,16,19-20H2,1-5H3/b11-7+/t27-/m0/s1. The number of allylic oxidation sites excluding steroid dienone is 1. The second-order valence-electron chi connectivity index (χ2n) is 10.1. The van der Waals surface area contributed by atoms with E-state index >= 15 is 0 Å². The van der Waals surface area contributed by atoms with E-state index in [9.17, 15) is 23.6 Å². The first-order valence-electron chi connectivity index (χ1n) is 13.4. The smallest absolute Gasteiger partial charge is 0.410 e. The number of aromatic nitrogens is 2. The number of benzene rings is 1. The predicted octanol–water partition coefficient (Wildman–Crippen LogP) is 2.72. The number of nitrogens with one attached hydrogen (secondary N) is 1. The number of rotatable bonds is 13. The van der Waals surface area contributed by atoms with Crippen LogP contribution in [0.5, 0.6) is 0 Å². The summed E-state index contributed by atoms with van der Waals surface area (Å²) in [5, 5.41) is 3.68. The van der Waals surface area contributed by atoms with Gasteiger partial charge in [-0.1, -0.05) is 12.1 Å². The fourth-order valence-corrected chi connectivity index (χ4v) is 4.30. The SMILES string of the molecule is CNCCN(C)C(=O)O[C@@H](CC/C=C/C(=O)N(C)C)C(=O)Cc1cccn(Cc2cc3cc(F)ccc3n2C)c1=O. The van der Waals surface area contributed by atoms with Gasteiger partial charge in [-0.3, -0.25) is 14.4 Å². The van der Waals surface area contributed by atoms with E-state index < -0.39 is 18.0 Å². The molecule has 0 aliphatic heterocycles. The van der Waals surface area contributed by atoms with Crippen molar-refractivity contribution in [3.63, 3.8) is 0 Å². The predicted molar refractivity (Wildman–Crippen MR) is 155 cm³/mol. The number of aryl methyl sites for hydroxylation is 1. The number of pyridine rings is 1. The maximum atomic E-state index is 13.7. The highest BCUT2D eigenvalue weighted by molar-refractivity contribution is 5.88. The molecular formula is C30H38FN5O5. The summed E-state index contributed by atoms with van der Waals surface area (Å²) in [7, 11) is 8.46. The molecule has 0 saturated carbocycles. The highest BCUT2D eigenvalue weighted by Crippen LogP contribution is 2.20. The van der Waals surface area contributed by atoms with Crippen LogP contribution in [0.3, 0.4) is 0 Å². The minimum Gasteiger partial charge on any atom is -0.438 e. The van der Waals surface area contributed by atoms with Gasteiger partial charge in [0, 0.05) is 76.1 Å². The molecule has 0 fully saturated rings. The first-order chi connectivity index (χ1) is 19.5. The van der Waals surface area contributed by atoms with Crippen LogP contribution in [0.1, 0.15) is 24.1 Å². The third-order valence-corrected chi connectivity index (χ3v) is 6.81. The third-order valence-electron chi connectivity index (χ3n) is 6.81. The molecule has 220 valence electrons. The van der Waals surface area contributed by atoms with Crippen LogP contribution in [0.2, 0.25) is 0 Å². The molecule has 0 aliphatic carbocycles. The molecule has 3 rings (SSSR count). The van der Waals surface area contributed by atoms with E-state index in [1.807, 2.05) is 17.7 Å². The van der Waals surface area contributed by atoms with Crippen molar-refractivity contribution in [3.8, 4) is 0 Å². The molecule has 2 aromatic heterocycles. The Kier molecular flexibility index (Phi) is 11.0. The number of ether oxygens (including phenoxy) is 1. The van der Waals surface area contributed by atoms with E-state index in [1.54, 1.807) is 58.7 Å². The lowest BCUT2D eigenvalue weighted by atomic mass is 10.0. The average molecular weight is 568 g/mol. The zero-order valence-corrected chi connectivity index (χ0v) is 24.2. The van der Waals surface area contributed by atoms with Crippen LogP contribution in [0.4, 0.5) is 9.18 Å². The second kappa shape index (κ2) is 14.4. The minimum absolute atomic E-state index is 0.162. The zero-order chi connectivity index (χ0) is 30.1. The monoisotopic (exact) mass is 567 g/mol. The maximum Gasteiger partial charge on any atom is 0.410 e. The van der Waals surface area contributed by atoms with Crippen molar-refractivity contribution in [3.05, 3.63) is 82.2 Å². The number of fused-ring (bicyclic) bond motifs is 1. The maximum absolute atomic E-state index is 13.7.